The largest absolute Gasteiger partial charge is 0.454 e. The zero-order valence-electron chi connectivity index (χ0n) is 19.8. The minimum atomic E-state index is -1.28. The van der Waals surface area contributed by atoms with Crippen molar-refractivity contribution in [1.29, 1.82) is 0 Å². The molecule has 2 aliphatic heterocycles. The van der Waals surface area contributed by atoms with Gasteiger partial charge in [0.1, 0.15) is 5.82 Å². The van der Waals surface area contributed by atoms with Crippen molar-refractivity contribution in [1.82, 2.24) is 15.5 Å². The van der Waals surface area contributed by atoms with E-state index in [-0.39, 0.29) is 30.4 Å². The molecule has 0 radical (unpaired) electrons. The van der Waals surface area contributed by atoms with Gasteiger partial charge in [-0.1, -0.05) is 6.42 Å². The number of esters is 1. The zero-order valence-corrected chi connectivity index (χ0v) is 22.0. The molecule has 2 saturated heterocycles. The molecule has 7 nitrogen and oxygen atoms in total. The van der Waals surface area contributed by atoms with Crippen LogP contribution in [0.3, 0.4) is 0 Å². The zero-order chi connectivity index (χ0) is 25.9. The number of carbonyl (C=O) groups is 2. The van der Waals surface area contributed by atoms with Crippen LogP contribution < -0.4 is 16.0 Å². The Morgan fingerprint density at radius 1 is 1.17 bits per heavy atom. The number of halogens is 4. The number of amides is 1. The van der Waals surface area contributed by atoms with Gasteiger partial charge in [0.15, 0.2) is 17.2 Å². The van der Waals surface area contributed by atoms with Gasteiger partial charge < -0.3 is 25.6 Å². The second-order valence-corrected chi connectivity index (χ2v) is 10.5. The summed E-state index contributed by atoms with van der Waals surface area (Å²) in [5, 5.41) is 9.35. The first-order chi connectivity index (χ1) is 17.2. The molecule has 0 bridgehead atoms. The Bertz CT molecular complexity index is 1140. The smallest absolute Gasteiger partial charge is 0.303 e. The van der Waals surface area contributed by atoms with Crippen LogP contribution in [0.4, 0.5) is 24.5 Å². The standard InChI is InChI=1S/C25H28F3IN4O3/c1-15(34)36-25(12-31-17-4-2-3-9-30-11-17)13-33(14-25)24(35)18-6-7-19(26)22(28)23(18)32-21-8-5-16(29)10-20(21)27/h5-8,10,17,30-32H,2-4,9,11-14H2,1H3. The molecule has 1 amide bonds. The fourth-order valence-corrected chi connectivity index (χ4v) is 5.03. The average Bonchev–Trinajstić information content (AvgIpc) is 3.08. The highest BCUT2D eigenvalue weighted by molar-refractivity contribution is 14.1. The van der Waals surface area contributed by atoms with E-state index in [9.17, 15) is 22.8 Å². The molecular weight excluding hydrogens is 588 g/mol. The summed E-state index contributed by atoms with van der Waals surface area (Å²) in [6, 6.07) is 6.47. The van der Waals surface area contributed by atoms with Crippen LogP contribution in [0, 0.1) is 21.0 Å². The van der Waals surface area contributed by atoms with Crippen LogP contribution in [0.1, 0.15) is 36.5 Å². The molecule has 1 unspecified atom stereocenters. The minimum absolute atomic E-state index is 0.0898. The van der Waals surface area contributed by atoms with E-state index >= 15 is 0 Å². The molecule has 194 valence electrons. The number of benzene rings is 2. The summed E-state index contributed by atoms with van der Waals surface area (Å²) in [5.41, 5.74) is -1.60. The summed E-state index contributed by atoms with van der Waals surface area (Å²) in [6.45, 7) is 3.62. The van der Waals surface area contributed by atoms with Crippen LogP contribution in [0.2, 0.25) is 0 Å². The van der Waals surface area contributed by atoms with Crippen LogP contribution in [0.5, 0.6) is 0 Å². The predicted octanol–water partition coefficient (Wildman–Crippen LogP) is 3.94. The normalized spacial score (nSPS) is 19.2. The number of ether oxygens (including phenoxy) is 1. The van der Waals surface area contributed by atoms with Crippen molar-refractivity contribution in [3.8, 4) is 0 Å². The van der Waals surface area contributed by atoms with Crippen molar-refractivity contribution in [3.63, 3.8) is 0 Å². The summed E-state index contributed by atoms with van der Waals surface area (Å²) < 4.78 is 49.4. The molecule has 0 spiro atoms. The average molecular weight is 616 g/mol. The van der Waals surface area contributed by atoms with E-state index in [0.29, 0.717) is 10.1 Å². The van der Waals surface area contributed by atoms with Gasteiger partial charge in [-0.3, -0.25) is 9.59 Å². The molecule has 0 aliphatic carbocycles. The third-order valence-electron chi connectivity index (χ3n) is 6.38. The number of carbonyl (C=O) groups excluding carboxylic acids is 2. The summed E-state index contributed by atoms with van der Waals surface area (Å²) in [6.07, 6.45) is 3.18. The molecule has 0 saturated carbocycles. The number of nitrogens with zero attached hydrogens (tertiary/aromatic N) is 1. The van der Waals surface area contributed by atoms with Gasteiger partial charge in [-0.05, 0) is 72.3 Å². The second kappa shape index (κ2) is 11.3. The highest BCUT2D eigenvalue weighted by Crippen LogP contribution is 2.33. The Balaban J connectivity index is 1.51. The van der Waals surface area contributed by atoms with Crippen LogP contribution in [-0.2, 0) is 9.53 Å². The van der Waals surface area contributed by atoms with Gasteiger partial charge in [0.2, 0.25) is 0 Å². The molecular formula is C25H28F3IN4O3. The first-order valence-corrected chi connectivity index (χ1v) is 12.9. The van der Waals surface area contributed by atoms with Gasteiger partial charge in [-0.15, -0.1) is 0 Å². The maximum Gasteiger partial charge on any atom is 0.303 e. The van der Waals surface area contributed by atoms with Gasteiger partial charge in [0.25, 0.3) is 5.91 Å². The Morgan fingerprint density at radius 2 is 1.94 bits per heavy atom. The van der Waals surface area contributed by atoms with Crippen LogP contribution in [-0.4, -0.2) is 61.1 Å². The number of rotatable bonds is 7. The summed E-state index contributed by atoms with van der Waals surface area (Å²) >= 11 is 1.93. The SMILES string of the molecule is CC(=O)OC1(CNC2CCCCNC2)CN(C(=O)c2ccc(F)c(F)c2Nc2ccc(I)cc2F)C1. The lowest BCUT2D eigenvalue weighted by Crippen LogP contribution is -2.69. The molecule has 4 rings (SSSR count). The molecule has 3 N–H and O–H groups in total. The molecule has 36 heavy (non-hydrogen) atoms. The highest BCUT2D eigenvalue weighted by atomic mass is 127. The molecule has 2 aromatic carbocycles. The Morgan fingerprint density at radius 3 is 2.67 bits per heavy atom. The third kappa shape index (κ3) is 6.12. The Hall–Kier alpha value is -2.38. The summed E-state index contributed by atoms with van der Waals surface area (Å²) in [5.74, 6) is -4.17. The molecule has 2 aliphatic rings. The van der Waals surface area contributed by atoms with Crippen LogP contribution in [0.15, 0.2) is 30.3 Å². The lowest BCUT2D eigenvalue weighted by Gasteiger charge is -2.49. The molecule has 2 fully saturated rings. The maximum atomic E-state index is 14.8. The van der Waals surface area contributed by atoms with Gasteiger partial charge in [0, 0.05) is 29.6 Å². The van der Waals surface area contributed by atoms with Gasteiger partial charge in [0.05, 0.1) is 30.0 Å². The van der Waals surface area contributed by atoms with Crippen molar-refractivity contribution in [2.45, 2.75) is 37.8 Å². The van der Waals surface area contributed by atoms with E-state index in [2.05, 4.69) is 16.0 Å². The lowest BCUT2D eigenvalue weighted by molar-refractivity contribution is -0.172. The molecule has 11 heteroatoms. The van der Waals surface area contributed by atoms with Gasteiger partial charge in [-0.25, -0.2) is 13.2 Å². The fourth-order valence-electron chi connectivity index (χ4n) is 4.58. The Labute approximate surface area is 221 Å². The molecule has 0 aromatic heterocycles. The number of hydrogen-bond acceptors (Lipinski definition) is 6. The summed E-state index contributed by atoms with van der Waals surface area (Å²) in [4.78, 5) is 26.5. The van der Waals surface area contributed by atoms with Crippen molar-refractivity contribution in [2.75, 3.05) is 38.0 Å². The Kier molecular flexibility index (Phi) is 8.41. The second-order valence-electron chi connectivity index (χ2n) is 9.25. The monoisotopic (exact) mass is 616 g/mol. The van der Waals surface area contributed by atoms with Crippen molar-refractivity contribution in [3.05, 3.63) is 56.9 Å². The van der Waals surface area contributed by atoms with Crippen molar-refractivity contribution >= 4 is 45.8 Å². The van der Waals surface area contributed by atoms with E-state index in [1.807, 2.05) is 22.6 Å². The third-order valence-corrected chi connectivity index (χ3v) is 7.05. The van der Waals surface area contributed by atoms with E-state index in [1.54, 1.807) is 6.07 Å². The lowest BCUT2D eigenvalue weighted by atomic mass is 9.91. The number of hydrogen-bond donors (Lipinski definition) is 3. The first-order valence-electron chi connectivity index (χ1n) is 11.8. The number of anilines is 2. The van der Waals surface area contributed by atoms with Gasteiger partial charge in [-0.2, -0.15) is 0 Å². The van der Waals surface area contributed by atoms with E-state index in [4.69, 9.17) is 4.74 Å². The number of likely N-dealkylation sites (tertiary alicyclic amines) is 1. The van der Waals surface area contributed by atoms with Crippen molar-refractivity contribution < 1.29 is 27.5 Å². The maximum absolute atomic E-state index is 14.8. The number of nitrogens with one attached hydrogen (secondary N) is 3. The summed E-state index contributed by atoms with van der Waals surface area (Å²) in [7, 11) is 0. The van der Waals surface area contributed by atoms with Gasteiger partial charge >= 0.3 is 5.97 Å². The predicted molar refractivity (Wildman–Crippen MR) is 138 cm³/mol. The molecule has 2 aromatic rings. The van der Waals surface area contributed by atoms with E-state index in [1.165, 1.54) is 24.0 Å². The highest BCUT2D eigenvalue weighted by Gasteiger charge is 2.49. The quantitative estimate of drug-likeness (QED) is 0.323. The fraction of sp³-hybridized carbons (Fsp3) is 0.440. The van der Waals surface area contributed by atoms with E-state index < -0.39 is 40.6 Å². The molecule has 2 heterocycles. The molecule has 1 atom stereocenters. The van der Waals surface area contributed by atoms with Crippen LogP contribution >= 0.6 is 22.6 Å². The van der Waals surface area contributed by atoms with E-state index in [0.717, 1.165) is 44.5 Å². The topological polar surface area (TPSA) is 82.7 Å². The minimum Gasteiger partial charge on any atom is -0.454 e. The first kappa shape index (κ1) is 26.7. The van der Waals surface area contributed by atoms with Crippen molar-refractivity contribution in [2.24, 2.45) is 0 Å². The van der Waals surface area contributed by atoms with Crippen LogP contribution in [0.25, 0.3) is 0 Å².